The molecule has 34 heavy (non-hydrogen) atoms. The lowest BCUT2D eigenvalue weighted by Gasteiger charge is -2.08. The van der Waals surface area contributed by atoms with Gasteiger partial charge >= 0.3 is 0 Å². The van der Waals surface area contributed by atoms with Gasteiger partial charge in [-0.3, -0.25) is 4.79 Å². The van der Waals surface area contributed by atoms with E-state index in [4.69, 9.17) is 27.3 Å². The van der Waals surface area contributed by atoms with E-state index in [1.54, 1.807) is 18.3 Å². The summed E-state index contributed by atoms with van der Waals surface area (Å²) in [5.74, 6) is -0.239. The van der Waals surface area contributed by atoms with Gasteiger partial charge < -0.3 is 11.1 Å². The van der Waals surface area contributed by atoms with Crippen LogP contribution in [0, 0.1) is 13.8 Å². The van der Waals surface area contributed by atoms with Crippen LogP contribution in [0.2, 0.25) is 5.02 Å². The van der Waals surface area contributed by atoms with Crippen molar-refractivity contribution in [3.63, 3.8) is 0 Å². The second-order valence-corrected chi connectivity index (χ2v) is 8.45. The van der Waals surface area contributed by atoms with E-state index in [0.717, 1.165) is 16.7 Å². The number of aromatic nitrogens is 3. The lowest BCUT2D eigenvalue weighted by atomic mass is 10.1. The second-order valence-electron chi connectivity index (χ2n) is 8.01. The maximum Gasteiger partial charge on any atom is 0.261 e. The minimum atomic E-state index is -0.382. The lowest BCUT2D eigenvalue weighted by Crippen LogP contribution is -2.14. The van der Waals surface area contributed by atoms with Crippen LogP contribution in [0.4, 0.5) is 11.5 Å². The van der Waals surface area contributed by atoms with E-state index < -0.39 is 0 Å². The zero-order valence-corrected chi connectivity index (χ0v) is 19.3. The zero-order chi connectivity index (χ0) is 23.8. The van der Waals surface area contributed by atoms with Crippen LogP contribution in [-0.2, 0) is 0 Å². The average Bonchev–Trinajstić information content (AvgIpc) is 3.08. The fraction of sp³-hybridized carbons (Fsp3) is 0.0769. The number of hydrogen-bond donors (Lipinski definition) is 2. The number of anilines is 2. The van der Waals surface area contributed by atoms with Crippen LogP contribution in [-0.4, -0.2) is 26.8 Å². The van der Waals surface area contributed by atoms with Crippen LogP contribution < -0.4 is 11.1 Å². The van der Waals surface area contributed by atoms with Crippen LogP contribution in [0.15, 0.2) is 71.8 Å². The Morgan fingerprint density at radius 1 is 1.00 bits per heavy atom. The maximum atomic E-state index is 13.4. The third kappa shape index (κ3) is 3.97. The van der Waals surface area contributed by atoms with Gasteiger partial charge in [0.05, 0.1) is 17.2 Å². The fourth-order valence-electron chi connectivity index (χ4n) is 3.71. The van der Waals surface area contributed by atoms with Crippen LogP contribution in [0.3, 0.4) is 0 Å². The summed E-state index contributed by atoms with van der Waals surface area (Å²) < 4.78 is 1.44. The van der Waals surface area contributed by atoms with Crippen LogP contribution >= 0.6 is 11.6 Å². The first kappa shape index (κ1) is 21.6. The molecule has 0 aliphatic heterocycles. The number of fused-ring (bicyclic) bond motifs is 2. The highest BCUT2D eigenvalue weighted by atomic mass is 35.5. The molecule has 0 aliphatic rings. The first-order valence-corrected chi connectivity index (χ1v) is 11.0. The number of nitrogen functional groups attached to an aromatic ring is 1. The Morgan fingerprint density at radius 2 is 1.76 bits per heavy atom. The number of carbonyl (C=O) groups excluding carboxylic acids is 1. The van der Waals surface area contributed by atoms with E-state index >= 15 is 0 Å². The topological polar surface area (TPSA) is 98.2 Å². The summed E-state index contributed by atoms with van der Waals surface area (Å²) in [5.41, 5.74) is 12.4. The van der Waals surface area contributed by atoms with Crippen molar-refractivity contribution in [2.45, 2.75) is 13.8 Å². The van der Waals surface area contributed by atoms with Gasteiger partial charge in [-0.2, -0.15) is 9.78 Å². The molecule has 0 aliphatic carbocycles. The zero-order valence-electron chi connectivity index (χ0n) is 18.6. The third-order valence-corrected chi connectivity index (χ3v) is 5.87. The smallest absolute Gasteiger partial charge is 0.261 e. The van der Waals surface area contributed by atoms with Gasteiger partial charge in [-0.05, 0) is 66.9 Å². The molecule has 0 bridgehead atoms. The molecule has 0 atom stereocenters. The number of halogens is 1. The number of para-hydroxylation sites is 2. The van der Waals surface area contributed by atoms with E-state index in [-0.39, 0.29) is 17.3 Å². The number of nitrogens with two attached hydrogens (primary N) is 1. The molecule has 0 radical (unpaired) electrons. The fourth-order valence-corrected chi connectivity index (χ4v) is 3.91. The standard InChI is InChI=1S/C26H21ClN6O/c1-15-10-11-19(12-16(15)2)30-26(34)22-23-25(32-21-9-4-3-8-20(21)31-23)33(24(22)28)29-14-17-6-5-7-18(27)13-17/h3-14H,28H2,1-2H3,(H,30,34)/b29-14+. The van der Waals surface area contributed by atoms with Gasteiger partial charge in [-0.1, -0.05) is 41.9 Å². The van der Waals surface area contributed by atoms with Gasteiger partial charge in [0.2, 0.25) is 0 Å². The predicted octanol–water partition coefficient (Wildman–Crippen LogP) is 5.57. The number of nitrogens with one attached hydrogen (secondary N) is 1. The normalized spacial score (nSPS) is 11.5. The molecule has 8 heteroatoms. The Bertz CT molecular complexity index is 1600. The minimum absolute atomic E-state index is 0.143. The van der Waals surface area contributed by atoms with E-state index in [0.29, 0.717) is 32.9 Å². The van der Waals surface area contributed by atoms with E-state index in [9.17, 15) is 4.79 Å². The second kappa shape index (κ2) is 8.61. The Kier molecular flexibility index (Phi) is 5.47. The monoisotopic (exact) mass is 468 g/mol. The molecule has 3 aromatic carbocycles. The largest absolute Gasteiger partial charge is 0.383 e. The van der Waals surface area contributed by atoms with Crippen molar-refractivity contribution < 1.29 is 4.79 Å². The van der Waals surface area contributed by atoms with Gasteiger partial charge in [-0.25, -0.2) is 9.97 Å². The number of carbonyl (C=O) groups is 1. The Balaban J connectivity index is 1.65. The number of benzene rings is 3. The van der Waals surface area contributed by atoms with E-state index in [2.05, 4.69) is 10.4 Å². The van der Waals surface area contributed by atoms with Crippen molar-refractivity contribution in [1.29, 1.82) is 0 Å². The summed E-state index contributed by atoms with van der Waals surface area (Å²) in [5, 5.41) is 8.04. The molecule has 7 nitrogen and oxygen atoms in total. The Labute approximate surface area is 200 Å². The first-order chi connectivity index (χ1) is 16.4. The Morgan fingerprint density at radius 3 is 2.50 bits per heavy atom. The van der Waals surface area contributed by atoms with Crippen molar-refractivity contribution in [1.82, 2.24) is 14.6 Å². The van der Waals surface area contributed by atoms with E-state index in [1.807, 2.05) is 68.4 Å². The summed E-state index contributed by atoms with van der Waals surface area (Å²) in [6.45, 7) is 4.01. The number of hydrogen-bond acceptors (Lipinski definition) is 5. The molecule has 5 rings (SSSR count). The van der Waals surface area contributed by atoms with Gasteiger partial charge in [0, 0.05) is 10.7 Å². The highest BCUT2D eigenvalue weighted by Gasteiger charge is 2.24. The third-order valence-electron chi connectivity index (χ3n) is 5.64. The molecule has 2 aromatic heterocycles. The molecule has 0 saturated carbocycles. The van der Waals surface area contributed by atoms with Gasteiger partial charge in [0.25, 0.3) is 5.91 Å². The number of rotatable bonds is 4. The lowest BCUT2D eigenvalue weighted by molar-refractivity contribution is 0.102. The Hall–Kier alpha value is -4.23. The van der Waals surface area contributed by atoms with Gasteiger partial charge in [0.1, 0.15) is 16.9 Å². The molecule has 0 spiro atoms. The molecule has 0 saturated heterocycles. The van der Waals surface area contributed by atoms with E-state index in [1.165, 1.54) is 4.68 Å². The SMILES string of the molecule is Cc1ccc(NC(=O)c2c(N)n(/N=C/c3cccc(Cl)c3)c3nc4ccccc4nc23)cc1C. The molecule has 2 heterocycles. The van der Waals surface area contributed by atoms with Crippen LogP contribution in [0.5, 0.6) is 0 Å². The summed E-state index contributed by atoms with van der Waals surface area (Å²) in [6.07, 6.45) is 1.61. The highest BCUT2D eigenvalue weighted by Crippen LogP contribution is 2.29. The number of aryl methyl sites for hydroxylation is 2. The number of amides is 1. The summed E-state index contributed by atoms with van der Waals surface area (Å²) in [4.78, 5) is 22.8. The van der Waals surface area contributed by atoms with Gasteiger partial charge in [0.15, 0.2) is 5.65 Å². The van der Waals surface area contributed by atoms with Crippen molar-refractivity contribution in [2.24, 2.45) is 5.10 Å². The maximum absolute atomic E-state index is 13.4. The summed E-state index contributed by atoms with van der Waals surface area (Å²) in [6, 6.07) is 20.4. The van der Waals surface area contributed by atoms with Crippen LogP contribution in [0.25, 0.3) is 22.2 Å². The van der Waals surface area contributed by atoms with Crippen molar-refractivity contribution >= 4 is 57.4 Å². The van der Waals surface area contributed by atoms with Crippen molar-refractivity contribution in [2.75, 3.05) is 11.1 Å². The molecule has 0 unspecified atom stereocenters. The predicted molar refractivity (Wildman–Crippen MR) is 138 cm³/mol. The number of nitrogens with zero attached hydrogens (tertiary/aromatic N) is 4. The van der Waals surface area contributed by atoms with Crippen LogP contribution in [0.1, 0.15) is 27.0 Å². The average molecular weight is 469 g/mol. The molecule has 0 fully saturated rings. The molecular formula is C26H21ClN6O. The highest BCUT2D eigenvalue weighted by molar-refractivity contribution is 6.30. The first-order valence-electron chi connectivity index (χ1n) is 10.7. The quantitative estimate of drug-likeness (QED) is 0.337. The molecule has 3 N–H and O–H groups in total. The van der Waals surface area contributed by atoms with Crippen molar-refractivity contribution in [3.05, 3.63) is 94.0 Å². The summed E-state index contributed by atoms with van der Waals surface area (Å²) >= 11 is 6.09. The van der Waals surface area contributed by atoms with Gasteiger partial charge in [-0.15, -0.1) is 0 Å². The molecule has 5 aromatic rings. The molecule has 1 amide bonds. The van der Waals surface area contributed by atoms with Crippen molar-refractivity contribution in [3.8, 4) is 0 Å². The molecular weight excluding hydrogens is 448 g/mol. The molecule has 168 valence electrons. The summed E-state index contributed by atoms with van der Waals surface area (Å²) in [7, 11) is 0. The minimum Gasteiger partial charge on any atom is -0.383 e.